The molecule has 1 unspecified atom stereocenters. The standard InChI is InChI=1S/C24H24N2/c1-4-26-21-15-14-18-10-8-9-13-20(18)23(21)24(2,3)22(26)16-17-25-19-11-6-5-7-12-19/h5-17H,4H2,1-3H3/p+1/b22-16-,25-17?. The average molecular weight is 341 g/mol. The van der Waals surface area contributed by atoms with Crippen LogP contribution in [-0.2, 0) is 5.41 Å². The highest BCUT2D eigenvalue weighted by Gasteiger charge is 2.45. The number of fused-ring (bicyclic) bond motifs is 3. The highest BCUT2D eigenvalue weighted by Crippen LogP contribution is 2.42. The number of hydrogen-bond acceptors (Lipinski definition) is 1. The Kier molecular flexibility index (Phi) is 4.21. The second kappa shape index (κ2) is 6.54. The van der Waals surface area contributed by atoms with Gasteiger partial charge in [0.05, 0.1) is 17.6 Å². The van der Waals surface area contributed by atoms with E-state index in [-0.39, 0.29) is 5.41 Å². The summed E-state index contributed by atoms with van der Waals surface area (Å²) in [5.41, 5.74) is 5.19. The van der Waals surface area contributed by atoms with Gasteiger partial charge in [0, 0.05) is 23.9 Å². The van der Waals surface area contributed by atoms with Crippen LogP contribution in [0.4, 0.5) is 11.4 Å². The quantitative estimate of drug-likeness (QED) is 0.649. The molecule has 0 bridgehead atoms. The summed E-state index contributed by atoms with van der Waals surface area (Å²) in [6, 6.07) is 23.4. The van der Waals surface area contributed by atoms with Crippen molar-refractivity contribution < 1.29 is 4.90 Å². The number of nitrogens with zero attached hydrogens (tertiary/aromatic N) is 1. The lowest BCUT2D eigenvalue weighted by atomic mass is 9.81. The molecule has 1 aliphatic rings. The molecule has 2 heteroatoms. The van der Waals surface area contributed by atoms with Crippen LogP contribution in [0.15, 0.2) is 83.5 Å². The molecule has 0 amide bonds. The van der Waals surface area contributed by atoms with Crippen LogP contribution in [0.5, 0.6) is 0 Å². The molecule has 0 radical (unpaired) electrons. The fraction of sp³-hybridized carbons (Fsp3) is 0.208. The van der Waals surface area contributed by atoms with Crippen LogP contribution in [0.1, 0.15) is 26.3 Å². The van der Waals surface area contributed by atoms with Crippen molar-refractivity contribution in [3.63, 3.8) is 0 Å². The van der Waals surface area contributed by atoms with Crippen LogP contribution < -0.4 is 4.90 Å². The van der Waals surface area contributed by atoms with E-state index in [2.05, 4.69) is 68.2 Å². The number of quaternary nitrogens is 1. The first kappa shape index (κ1) is 16.7. The van der Waals surface area contributed by atoms with Gasteiger partial charge in [-0.15, -0.1) is 0 Å². The number of hydrogen-bond donors (Lipinski definition) is 1. The Labute approximate surface area is 155 Å². The van der Waals surface area contributed by atoms with E-state index in [1.54, 1.807) is 0 Å². The lowest BCUT2D eigenvalue weighted by Crippen LogP contribution is -3.04. The van der Waals surface area contributed by atoms with Crippen molar-refractivity contribution in [1.82, 2.24) is 0 Å². The Bertz CT molecular complexity index is 997. The van der Waals surface area contributed by atoms with Gasteiger partial charge in [-0.2, -0.15) is 0 Å². The van der Waals surface area contributed by atoms with Crippen LogP contribution in [0, 0.1) is 0 Å². The van der Waals surface area contributed by atoms with E-state index < -0.39 is 0 Å². The number of benzene rings is 3. The molecule has 0 aliphatic carbocycles. The summed E-state index contributed by atoms with van der Waals surface area (Å²) >= 11 is 0. The van der Waals surface area contributed by atoms with Crippen LogP contribution in [0.3, 0.4) is 0 Å². The lowest BCUT2D eigenvalue weighted by molar-refractivity contribution is -0.786. The summed E-state index contributed by atoms with van der Waals surface area (Å²) in [7, 11) is 0. The zero-order valence-corrected chi connectivity index (χ0v) is 15.7. The molecular weight excluding hydrogens is 316 g/mol. The predicted molar refractivity (Wildman–Crippen MR) is 111 cm³/mol. The maximum absolute atomic E-state index is 4.61. The van der Waals surface area contributed by atoms with Crippen molar-refractivity contribution in [2.45, 2.75) is 26.2 Å². The molecule has 1 heterocycles. The summed E-state index contributed by atoms with van der Waals surface area (Å²) < 4.78 is 0. The first-order valence-corrected chi connectivity index (χ1v) is 9.31. The summed E-state index contributed by atoms with van der Waals surface area (Å²) in [5, 5.41) is 2.68. The van der Waals surface area contributed by atoms with Gasteiger partial charge in [-0.05, 0) is 49.7 Å². The first-order chi connectivity index (χ1) is 12.6. The predicted octanol–water partition coefficient (Wildman–Crippen LogP) is 4.95. The number of rotatable bonds is 3. The van der Waals surface area contributed by atoms with Gasteiger partial charge in [0.25, 0.3) is 0 Å². The molecule has 130 valence electrons. The van der Waals surface area contributed by atoms with Crippen molar-refractivity contribution in [2.24, 2.45) is 4.99 Å². The molecule has 0 aromatic heterocycles. The molecule has 0 saturated carbocycles. The lowest BCUT2D eigenvalue weighted by Gasteiger charge is -2.20. The third kappa shape index (κ3) is 2.67. The van der Waals surface area contributed by atoms with E-state index >= 15 is 0 Å². The second-order valence-corrected chi connectivity index (χ2v) is 7.36. The minimum absolute atomic E-state index is 0.0236. The molecular formula is C24H25N2+. The fourth-order valence-corrected chi connectivity index (χ4v) is 4.26. The number of aliphatic imine (C=N–C) groups is 1. The van der Waals surface area contributed by atoms with Gasteiger partial charge < -0.3 is 0 Å². The van der Waals surface area contributed by atoms with Crippen LogP contribution in [0.2, 0.25) is 0 Å². The number of likely N-dealkylation sites (N-methyl/N-ethyl adjacent to an activating group) is 1. The number of para-hydroxylation sites is 1. The van der Waals surface area contributed by atoms with Gasteiger partial charge in [0.2, 0.25) is 0 Å². The minimum atomic E-state index is -0.0236. The van der Waals surface area contributed by atoms with E-state index in [0.29, 0.717) is 0 Å². The largest absolute Gasteiger partial charge is 0.273 e. The monoisotopic (exact) mass is 341 g/mol. The average Bonchev–Trinajstić information content (AvgIpc) is 2.89. The summed E-state index contributed by atoms with van der Waals surface area (Å²) in [5.74, 6) is 0. The minimum Gasteiger partial charge on any atom is -0.273 e. The highest BCUT2D eigenvalue weighted by molar-refractivity contribution is 5.91. The Morgan fingerprint density at radius 1 is 0.923 bits per heavy atom. The van der Waals surface area contributed by atoms with Gasteiger partial charge >= 0.3 is 0 Å². The fourth-order valence-electron chi connectivity index (χ4n) is 4.26. The van der Waals surface area contributed by atoms with E-state index in [1.165, 1.54) is 32.6 Å². The van der Waals surface area contributed by atoms with E-state index in [9.17, 15) is 0 Å². The Morgan fingerprint density at radius 3 is 2.42 bits per heavy atom. The molecule has 3 aromatic carbocycles. The van der Waals surface area contributed by atoms with Gasteiger partial charge in [0.15, 0.2) is 0 Å². The molecule has 1 N–H and O–H groups in total. The van der Waals surface area contributed by atoms with Gasteiger partial charge in [0.1, 0.15) is 11.4 Å². The normalized spacial score (nSPS) is 20.1. The molecule has 0 spiro atoms. The third-order valence-corrected chi connectivity index (χ3v) is 5.45. The van der Waals surface area contributed by atoms with Crippen LogP contribution in [0.25, 0.3) is 10.8 Å². The van der Waals surface area contributed by atoms with Crippen molar-refractivity contribution in [1.29, 1.82) is 0 Å². The molecule has 1 atom stereocenters. The van der Waals surface area contributed by atoms with Crippen molar-refractivity contribution in [3.8, 4) is 0 Å². The molecule has 0 saturated heterocycles. The van der Waals surface area contributed by atoms with Crippen LogP contribution in [-0.4, -0.2) is 12.8 Å². The molecule has 3 aromatic rings. The zero-order valence-electron chi connectivity index (χ0n) is 15.7. The van der Waals surface area contributed by atoms with Gasteiger partial charge in [-0.25, -0.2) is 0 Å². The maximum Gasteiger partial charge on any atom is 0.140 e. The first-order valence-electron chi connectivity index (χ1n) is 9.31. The third-order valence-electron chi connectivity index (χ3n) is 5.45. The second-order valence-electron chi connectivity index (χ2n) is 7.36. The Balaban J connectivity index is 1.82. The smallest absolute Gasteiger partial charge is 0.140 e. The molecule has 1 aliphatic heterocycles. The topological polar surface area (TPSA) is 16.8 Å². The number of allylic oxidation sites excluding steroid dienone is 2. The van der Waals surface area contributed by atoms with Gasteiger partial charge in [-0.3, -0.25) is 9.89 Å². The van der Waals surface area contributed by atoms with E-state index in [0.717, 1.165) is 12.2 Å². The van der Waals surface area contributed by atoms with E-state index in [1.807, 2.05) is 36.5 Å². The van der Waals surface area contributed by atoms with Gasteiger partial charge in [-0.1, -0.05) is 42.5 Å². The van der Waals surface area contributed by atoms with Crippen molar-refractivity contribution in [3.05, 3.63) is 84.1 Å². The molecule has 26 heavy (non-hydrogen) atoms. The van der Waals surface area contributed by atoms with E-state index in [4.69, 9.17) is 0 Å². The zero-order chi connectivity index (χ0) is 18.1. The Hall–Kier alpha value is -2.71. The Morgan fingerprint density at radius 2 is 1.65 bits per heavy atom. The van der Waals surface area contributed by atoms with Crippen LogP contribution >= 0.6 is 0 Å². The highest BCUT2D eigenvalue weighted by atomic mass is 15.2. The number of nitrogens with one attached hydrogen (secondary N) is 1. The van der Waals surface area contributed by atoms with Crippen molar-refractivity contribution >= 4 is 28.4 Å². The molecule has 2 nitrogen and oxygen atoms in total. The van der Waals surface area contributed by atoms with Crippen molar-refractivity contribution in [2.75, 3.05) is 6.54 Å². The molecule has 0 fully saturated rings. The summed E-state index contributed by atoms with van der Waals surface area (Å²) in [4.78, 5) is 6.05. The molecule has 4 rings (SSSR count). The SMILES string of the molecule is CC[NH+]1/C(=C\C=Nc2ccccc2)C(C)(C)c2c1ccc1ccccc21. The summed E-state index contributed by atoms with van der Waals surface area (Å²) in [6.45, 7) is 7.95. The maximum atomic E-state index is 4.61. The summed E-state index contributed by atoms with van der Waals surface area (Å²) in [6.07, 6.45) is 4.16.